The van der Waals surface area contributed by atoms with Crippen LogP contribution in [0.4, 0.5) is 5.69 Å². The van der Waals surface area contributed by atoms with Crippen molar-refractivity contribution in [2.24, 2.45) is 0 Å². The molecule has 1 unspecified atom stereocenters. The van der Waals surface area contributed by atoms with Crippen LogP contribution in [0.25, 0.3) is 0 Å². The Balaban J connectivity index is 1.10. The summed E-state index contributed by atoms with van der Waals surface area (Å²) in [4.78, 5) is 16.9. The van der Waals surface area contributed by atoms with Crippen LogP contribution in [0.1, 0.15) is 41.6 Å². The average molecular weight is 438 g/mol. The lowest BCUT2D eigenvalue weighted by molar-refractivity contribution is 0.0474. The Labute approximate surface area is 188 Å². The molecule has 2 aromatic rings. The van der Waals surface area contributed by atoms with Gasteiger partial charge in [0.2, 0.25) is 6.79 Å². The molecule has 3 heterocycles. The molecule has 0 aromatic heterocycles. The molecule has 0 radical (unpaired) electrons. The number of amides is 1. The summed E-state index contributed by atoms with van der Waals surface area (Å²) in [6.45, 7) is 4.27. The molecule has 2 fully saturated rings. The number of likely N-dealkylation sites (tertiary alicyclic amines) is 1. The predicted octanol–water partition coefficient (Wildman–Crippen LogP) is 2.77. The Morgan fingerprint density at radius 2 is 1.78 bits per heavy atom. The van der Waals surface area contributed by atoms with Crippen LogP contribution in [-0.4, -0.2) is 61.0 Å². The van der Waals surface area contributed by atoms with Crippen LogP contribution in [0.2, 0.25) is 0 Å². The lowest BCUT2D eigenvalue weighted by Crippen LogP contribution is -2.42. The summed E-state index contributed by atoms with van der Waals surface area (Å²) in [5.74, 6) is 1.67. The number of carbonyl (C=O) groups excluding carboxylic acids is 1. The van der Waals surface area contributed by atoms with Gasteiger partial charge in [-0.2, -0.15) is 0 Å². The molecule has 0 aliphatic carbocycles. The van der Waals surface area contributed by atoms with Crippen LogP contribution in [0.3, 0.4) is 0 Å². The summed E-state index contributed by atoms with van der Waals surface area (Å²) >= 11 is 0. The van der Waals surface area contributed by atoms with Crippen molar-refractivity contribution in [1.29, 1.82) is 0 Å². The molecule has 0 spiro atoms. The molecule has 5 rings (SSSR count). The average Bonchev–Trinajstić information content (AvgIpc) is 3.31. The Hall–Kier alpha value is -2.77. The first-order valence-corrected chi connectivity index (χ1v) is 11.6. The van der Waals surface area contributed by atoms with Gasteiger partial charge in [-0.1, -0.05) is 6.07 Å². The lowest BCUT2D eigenvalue weighted by Gasteiger charge is -2.34. The number of ether oxygens (including phenoxy) is 2. The van der Waals surface area contributed by atoms with E-state index in [0.717, 1.165) is 69.0 Å². The van der Waals surface area contributed by atoms with Gasteiger partial charge in [0.15, 0.2) is 11.5 Å². The van der Waals surface area contributed by atoms with Gasteiger partial charge in [0.25, 0.3) is 5.91 Å². The molecule has 3 aliphatic heterocycles. The van der Waals surface area contributed by atoms with Gasteiger partial charge in [-0.3, -0.25) is 4.79 Å². The monoisotopic (exact) mass is 437 g/mol. The van der Waals surface area contributed by atoms with E-state index in [1.54, 1.807) is 4.90 Å². The van der Waals surface area contributed by atoms with E-state index in [9.17, 15) is 9.90 Å². The van der Waals surface area contributed by atoms with Crippen molar-refractivity contribution >= 4 is 11.6 Å². The van der Waals surface area contributed by atoms with Crippen molar-refractivity contribution in [2.45, 2.75) is 44.4 Å². The number of fused-ring (bicyclic) bond motifs is 1. The minimum Gasteiger partial charge on any atom is -0.454 e. The van der Waals surface area contributed by atoms with Crippen LogP contribution < -0.4 is 19.7 Å². The number of β-amino-alcohol motifs (C(OH)–C–C–N with tert-alkyl or cyclic N) is 1. The molecule has 0 saturated carbocycles. The van der Waals surface area contributed by atoms with Crippen LogP contribution >= 0.6 is 0 Å². The van der Waals surface area contributed by atoms with Crippen molar-refractivity contribution < 1.29 is 19.4 Å². The number of nitrogens with one attached hydrogen (secondary N) is 1. The maximum atomic E-state index is 12.7. The smallest absolute Gasteiger partial charge is 0.253 e. The first-order chi connectivity index (χ1) is 15.7. The number of aliphatic hydroxyl groups excluding tert-OH is 1. The number of carbonyl (C=O) groups is 1. The summed E-state index contributed by atoms with van der Waals surface area (Å²) in [6.07, 6.45) is 3.41. The molecule has 2 aromatic carbocycles. The van der Waals surface area contributed by atoms with Crippen molar-refractivity contribution in [3.8, 4) is 11.5 Å². The number of rotatable bonds is 5. The van der Waals surface area contributed by atoms with Crippen LogP contribution in [0.15, 0.2) is 42.5 Å². The highest BCUT2D eigenvalue weighted by atomic mass is 16.7. The molecule has 1 atom stereocenters. The zero-order valence-corrected chi connectivity index (χ0v) is 18.3. The molecular formula is C25H31N3O4. The van der Waals surface area contributed by atoms with Gasteiger partial charge >= 0.3 is 0 Å². The van der Waals surface area contributed by atoms with Gasteiger partial charge in [0.1, 0.15) is 0 Å². The number of aliphatic hydroxyl groups is 1. The fraction of sp³-hybridized carbons (Fsp3) is 0.480. The highest BCUT2D eigenvalue weighted by Crippen LogP contribution is 2.32. The van der Waals surface area contributed by atoms with E-state index in [-0.39, 0.29) is 5.91 Å². The van der Waals surface area contributed by atoms with E-state index in [4.69, 9.17) is 9.47 Å². The van der Waals surface area contributed by atoms with E-state index >= 15 is 0 Å². The molecule has 2 N–H and O–H groups in total. The van der Waals surface area contributed by atoms with Gasteiger partial charge in [0.05, 0.1) is 6.10 Å². The predicted molar refractivity (Wildman–Crippen MR) is 122 cm³/mol. The minimum atomic E-state index is -0.396. The molecule has 7 heteroatoms. The highest BCUT2D eigenvalue weighted by molar-refractivity contribution is 5.94. The lowest BCUT2D eigenvalue weighted by atomic mass is 10.0. The van der Waals surface area contributed by atoms with Crippen molar-refractivity contribution in [3.63, 3.8) is 0 Å². The van der Waals surface area contributed by atoms with Crippen LogP contribution in [0, 0.1) is 0 Å². The Morgan fingerprint density at radius 1 is 1.00 bits per heavy atom. The SMILES string of the molecule is O=C(c1ccc(N2CCC(NCc3ccc4c(c3)OCO4)CC2)cc1)N1CCCC(O)C1. The zero-order valence-electron chi connectivity index (χ0n) is 18.3. The second kappa shape index (κ2) is 9.38. The van der Waals surface area contributed by atoms with Crippen molar-refractivity contribution in [3.05, 3.63) is 53.6 Å². The summed E-state index contributed by atoms with van der Waals surface area (Å²) in [6, 6.07) is 14.5. The fourth-order valence-electron chi connectivity index (χ4n) is 4.79. The quantitative estimate of drug-likeness (QED) is 0.749. The molecule has 3 aliphatic rings. The van der Waals surface area contributed by atoms with Crippen LogP contribution in [-0.2, 0) is 6.54 Å². The molecule has 1 amide bonds. The molecular weight excluding hydrogens is 406 g/mol. The number of benzene rings is 2. The van der Waals surface area contributed by atoms with Gasteiger partial charge < -0.3 is 29.7 Å². The summed E-state index contributed by atoms with van der Waals surface area (Å²) < 4.78 is 10.8. The maximum absolute atomic E-state index is 12.7. The summed E-state index contributed by atoms with van der Waals surface area (Å²) in [7, 11) is 0. The summed E-state index contributed by atoms with van der Waals surface area (Å²) in [5, 5.41) is 13.5. The molecule has 170 valence electrons. The first-order valence-electron chi connectivity index (χ1n) is 11.6. The Bertz CT molecular complexity index is 941. The van der Waals surface area contributed by atoms with Gasteiger partial charge in [-0.15, -0.1) is 0 Å². The molecule has 2 saturated heterocycles. The number of nitrogens with zero attached hydrogens (tertiary/aromatic N) is 2. The Kier molecular flexibility index (Phi) is 6.19. The molecule has 0 bridgehead atoms. The molecule has 7 nitrogen and oxygen atoms in total. The largest absolute Gasteiger partial charge is 0.454 e. The van der Waals surface area contributed by atoms with E-state index in [0.29, 0.717) is 24.9 Å². The van der Waals surface area contributed by atoms with Crippen LogP contribution in [0.5, 0.6) is 11.5 Å². The van der Waals surface area contributed by atoms with Crippen molar-refractivity contribution in [1.82, 2.24) is 10.2 Å². The van der Waals surface area contributed by atoms with E-state index in [2.05, 4.69) is 22.3 Å². The standard InChI is InChI=1S/C25H31N3O4/c29-22-2-1-11-28(16-22)25(30)19-4-6-21(7-5-19)27-12-9-20(10-13-27)26-15-18-3-8-23-24(14-18)32-17-31-23/h3-8,14,20,22,26,29H,1-2,9-13,15-17H2. The number of hydrogen-bond acceptors (Lipinski definition) is 6. The number of anilines is 1. The number of piperidine rings is 2. The second-order valence-corrected chi connectivity index (χ2v) is 8.92. The first kappa shape index (κ1) is 21.1. The molecule has 32 heavy (non-hydrogen) atoms. The van der Waals surface area contributed by atoms with E-state index in [1.807, 2.05) is 30.3 Å². The van der Waals surface area contributed by atoms with Gasteiger partial charge in [-0.25, -0.2) is 0 Å². The van der Waals surface area contributed by atoms with Crippen molar-refractivity contribution in [2.75, 3.05) is 37.9 Å². The number of hydrogen-bond donors (Lipinski definition) is 2. The fourth-order valence-corrected chi connectivity index (χ4v) is 4.79. The third kappa shape index (κ3) is 4.69. The topological polar surface area (TPSA) is 74.3 Å². The van der Waals surface area contributed by atoms with E-state index in [1.165, 1.54) is 5.56 Å². The maximum Gasteiger partial charge on any atom is 0.253 e. The second-order valence-electron chi connectivity index (χ2n) is 8.92. The van der Waals surface area contributed by atoms with Gasteiger partial charge in [0, 0.05) is 50.0 Å². The highest BCUT2D eigenvalue weighted by Gasteiger charge is 2.24. The third-order valence-corrected chi connectivity index (χ3v) is 6.69. The normalized spacial score (nSPS) is 21.1. The Morgan fingerprint density at radius 3 is 2.56 bits per heavy atom. The van der Waals surface area contributed by atoms with Gasteiger partial charge in [-0.05, 0) is 67.6 Å². The zero-order chi connectivity index (χ0) is 21.9. The van der Waals surface area contributed by atoms with E-state index < -0.39 is 6.10 Å². The minimum absolute atomic E-state index is 0.0155. The third-order valence-electron chi connectivity index (χ3n) is 6.69. The summed E-state index contributed by atoms with van der Waals surface area (Å²) in [5.41, 5.74) is 3.07.